The third-order valence-corrected chi connectivity index (χ3v) is 7.84. The van der Waals surface area contributed by atoms with Gasteiger partial charge < -0.3 is 31.2 Å². The van der Waals surface area contributed by atoms with Crippen molar-refractivity contribution in [1.82, 2.24) is 14.9 Å². The minimum Gasteiger partial charge on any atom is -0.368 e. The highest BCUT2D eigenvalue weighted by Crippen LogP contribution is 2.35. The Labute approximate surface area is 205 Å². The molecule has 1 aromatic carbocycles. The lowest BCUT2D eigenvalue weighted by atomic mass is 9.90. The standard InChI is InChI=1S/C20H27N5O8S2/c1-3-13-10-34-18(23-13)15(8-12-4-6-14(7-5-12)35(31,32)33-22)16(17(21)26)24-9-11(2)20(28,29)25(30)19(24)27/h4-7,9-10,15-16,19,27-30H,3,8,22H2,1-2H3,(H2,21,26). The molecule has 0 fully saturated rings. The number of benzene rings is 1. The van der Waals surface area contributed by atoms with E-state index in [0.29, 0.717) is 17.0 Å². The second-order valence-electron chi connectivity index (χ2n) is 7.97. The van der Waals surface area contributed by atoms with Gasteiger partial charge in [0, 0.05) is 23.1 Å². The molecule has 3 atom stereocenters. The lowest BCUT2D eigenvalue weighted by Crippen LogP contribution is -2.65. The van der Waals surface area contributed by atoms with Gasteiger partial charge in [-0.25, -0.2) is 4.98 Å². The number of aryl methyl sites for hydroxylation is 1. The van der Waals surface area contributed by atoms with Gasteiger partial charge in [0.1, 0.15) is 6.04 Å². The molecule has 1 aliphatic heterocycles. The van der Waals surface area contributed by atoms with E-state index in [0.717, 1.165) is 16.8 Å². The Hall–Kier alpha value is -2.47. The SMILES string of the molecule is CCc1csc(C(Cc2ccc(S(=O)(=O)ON)cc2)C(C(N)=O)N2C=C(C)C(O)(O)N(O)C2O)n1. The number of hydrogen-bond acceptors (Lipinski definition) is 13. The van der Waals surface area contributed by atoms with E-state index in [4.69, 9.17) is 11.6 Å². The molecule has 3 rings (SSSR count). The van der Waals surface area contributed by atoms with Crippen molar-refractivity contribution in [3.05, 3.63) is 57.7 Å². The normalized spacial score (nSPS) is 20.4. The molecule has 35 heavy (non-hydrogen) atoms. The molecule has 0 bridgehead atoms. The van der Waals surface area contributed by atoms with Crippen molar-refractivity contribution < 1.29 is 38.0 Å². The smallest absolute Gasteiger partial charge is 0.312 e. The monoisotopic (exact) mass is 529 g/mol. The number of rotatable bonds is 9. The molecular formula is C20H27N5O8S2. The molecule has 2 heterocycles. The van der Waals surface area contributed by atoms with Crippen molar-refractivity contribution in [3.63, 3.8) is 0 Å². The number of primary amides is 1. The topological polar surface area (TPSA) is 213 Å². The lowest BCUT2D eigenvalue weighted by Gasteiger charge is -2.46. The maximum absolute atomic E-state index is 12.7. The number of carbonyl (C=O) groups excluding carboxylic acids is 1. The van der Waals surface area contributed by atoms with E-state index in [1.165, 1.54) is 42.5 Å². The van der Waals surface area contributed by atoms with Gasteiger partial charge in [0.25, 0.3) is 5.91 Å². The molecule has 0 saturated carbocycles. The van der Waals surface area contributed by atoms with E-state index < -0.39 is 40.2 Å². The van der Waals surface area contributed by atoms with E-state index in [1.807, 2.05) is 12.3 Å². The summed E-state index contributed by atoms with van der Waals surface area (Å²) >= 11 is 1.27. The van der Waals surface area contributed by atoms with Crippen molar-refractivity contribution in [1.29, 1.82) is 0 Å². The first kappa shape index (κ1) is 27.1. The summed E-state index contributed by atoms with van der Waals surface area (Å²) in [5.74, 6) is 0.302. The molecule has 2 aromatic rings. The Morgan fingerprint density at radius 1 is 1.31 bits per heavy atom. The van der Waals surface area contributed by atoms with Crippen LogP contribution in [0.2, 0.25) is 0 Å². The summed E-state index contributed by atoms with van der Waals surface area (Å²) in [6, 6.07) is 4.29. The molecule has 0 spiro atoms. The number of hydrogen-bond donors (Lipinski definition) is 6. The van der Waals surface area contributed by atoms with Crippen LogP contribution in [0.1, 0.15) is 36.0 Å². The van der Waals surface area contributed by atoms with Gasteiger partial charge in [0.15, 0.2) is 0 Å². The number of aliphatic hydroxyl groups excluding tert-OH is 1. The maximum Gasteiger partial charge on any atom is 0.312 e. The minimum absolute atomic E-state index is 0.110. The van der Waals surface area contributed by atoms with E-state index in [9.17, 15) is 33.7 Å². The van der Waals surface area contributed by atoms with Crippen LogP contribution in [0.5, 0.6) is 0 Å². The van der Waals surface area contributed by atoms with Crippen LogP contribution in [-0.4, -0.2) is 68.1 Å². The third-order valence-electron chi connectivity index (χ3n) is 5.71. The Morgan fingerprint density at radius 2 is 1.94 bits per heavy atom. The van der Waals surface area contributed by atoms with Crippen LogP contribution in [-0.2, 0) is 32.0 Å². The summed E-state index contributed by atoms with van der Waals surface area (Å²) < 4.78 is 27.7. The number of thiazole rings is 1. The molecule has 192 valence electrons. The second-order valence-corrected chi connectivity index (χ2v) is 10.4. The van der Waals surface area contributed by atoms with Crippen LogP contribution in [0.25, 0.3) is 0 Å². The third kappa shape index (κ3) is 5.37. The highest BCUT2D eigenvalue weighted by atomic mass is 32.2. The van der Waals surface area contributed by atoms with E-state index in [-0.39, 0.29) is 22.0 Å². The molecule has 0 radical (unpaired) electrons. The van der Waals surface area contributed by atoms with Crippen LogP contribution in [0.3, 0.4) is 0 Å². The van der Waals surface area contributed by atoms with Gasteiger partial charge in [-0.3, -0.25) is 4.79 Å². The Kier molecular flexibility index (Phi) is 7.95. The first-order chi connectivity index (χ1) is 16.3. The number of nitrogens with two attached hydrogens (primary N) is 2. The summed E-state index contributed by atoms with van der Waals surface area (Å²) in [6.45, 7) is 3.19. The maximum atomic E-state index is 12.7. The van der Waals surface area contributed by atoms with E-state index >= 15 is 0 Å². The number of nitrogens with zero attached hydrogens (tertiary/aromatic N) is 3. The number of carbonyl (C=O) groups is 1. The zero-order valence-corrected chi connectivity index (χ0v) is 20.5. The predicted molar refractivity (Wildman–Crippen MR) is 122 cm³/mol. The quantitative estimate of drug-likeness (QED) is 0.176. The Bertz CT molecular complexity index is 1200. The average molecular weight is 530 g/mol. The molecule has 0 saturated heterocycles. The van der Waals surface area contributed by atoms with Gasteiger partial charge in [-0.1, -0.05) is 24.1 Å². The van der Waals surface area contributed by atoms with Crippen molar-refractivity contribution in [3.8, 4) is 0 Å². The summed E-state index contributed by atoms with van der Waals surface area (Å²) in [5, 5.41) is 43.0. The second kappa shape index (κ2) is 10.3. The summed E-state index contributed by atoms with van der Waals surface area (Å²) in [4.78, 5) is 18.1. The van der Waals surface area contributed by atoms with Crippen molar-refractivity contribution in [2.75, 3.05) is 0 Å². The fraction of sp³-hybridized carbons (Fsp3) is 0.400. The summed E-state index contributed by atoms with van der Waals surface area (Å²) in [6.07, 6.45) is -0.154. The van der Waals surface area contributed by atoms with E-state index in [2.05, 4.69) is 9.27 Å². The van der Waals surface area contributed by atoms with Crippen LogP contribution in [0, 0.1) is 0 Å². The van der Waals surface area contributed by atoms with Crippen LogP contribution < -0.4 is 11.6 Å². The molecule has 13 nitrogen and oxygen atoms in total. The molecule has 0 aliphatic carbocycles. The highest BCUT2D eigenvalue weighted by Gasteiger charge is 2.48. The molecule has 8 N–H and O–H groups in total. The van der Waals surface area contributed by atoms with Gasteiger partial charge in [0.05, 0.1) is 15.6 Å². The predicted octanol–water partition coefficient (Wildman–Crippen LogP) is -0.710. The molecule has 15 heteroatoms. The van der Waals surface area contributed by atoms with Gasteiger partial charge in [0.2, 0.25) is 12.3 Å². The van der Waals surface area contributed by atoms with Crippen LogP contribution >= 0.6 is 11.3 Å². The van der Waals surface area contributed by atoms with Gasteiger partial charge in [-0.05, 0) is 37.5 Å². The number of aromatic nitrogens is 1. The average Bonchev–Trinajstić information content (AvgIpc) is 3.30. The molecule has 3 unspecified atom stereocenters. The highest BCUT2D eigenvalue weighted by molar-refractivity contribution is 7.86. The molecule has 1 amide bonds. The molecular weight excluding hydrogens is 502 g/mol. The number of hydroxylamine groups is 2. The van der Waals surface area contributed by atoms with Crippen molar-refractivity contribution >= 4 is 27.4 Å². The van der Waals surface area contributed by atoms with Crippen LogP contribution in [0.4, 0.5) is 0 Å². The summed E-state index contributed by atoms with van der Waals surface area (Å²) in [7, 11) is -4.11. The zero-order valence-electron chi connectivity index (χ0n) is 18.8. The van der Waals surface area contributed by atoms with Gasteiger partial charge >= 0.3 is 10.1 Å². The largest absolute Gasteiger partial charge is 0.368 e. The minimum atomic E-state index is -4.11. The Balaban J connectivity index is 2.07. The first-order valence-electron chi connectivity index (χ1n) is 10.4. The fourth-order valence-corrected chi connectivity index (χ4v) is 5.33. The number of aliphatic hydroxyl groups is 3. The Morgan fingerprint density at radius 3 is 2.46 bits per heavy atom. The van der Waals surface area contributed by atoms with Crippen molar-refractivity contribution in [2.45, 2.75) is 55.8 Å². The fourth-order valence-electron chi connectivity index (χ4n) is 3.71. The van der Waals surface area contributed by atoms with Crippen LogP contribution in [0.15, 0.2) is 46.3 Å². The van der Waals surface area contributed by atoms with Gasteiger partial charge in [-0.15, -0.1) is 11.3 Å². The van der Waals surface area contributed by atoms with Gasteiger partial charge in [-0.2, -0.15) is 18.6 Å². The first-order valence-corrected chi connectivity index (χ1v) is 12.7. The van der Waals surface area contributed by atoms with E-state index in [1.54, 1.807) is 0 Å². The zero-order chi connectivity index (χ0) is 26.1. The van der Waals surface area contributed by atoms with Crippen molar-refractivity contribution in [2.24, 2.45) is 11.6 Å². The molecule has 1 aromatic heterocycles. The molecule has 1 aliphatic rings. The lowest BCUT2D eigenvalue weighted by molar-refractivity contribution is -0.408. The number of amides is 1. The summed E-state index contributed by atoms with van der Waals surface area (Å²) in [5.41, 5.74) is 6.92.